The number of para-hydroxylation sites is 2. The lowest BCUT2D eigenvalue weighted by Gasteiger charge is -2.34. The van der Waals surface area contributed by atoms with Crippen LogP contribution in [0.5, 0.6) is 0 Å². The highest BCUT2D eigenvalue weighted by molar-refractivity contribution is 6.33. The van der Waals surface area contributed by atoms with Crippen LogP contribution in [0.2, 0.25) is 5.02 Å². The number of benzene rings is 4. The highest BCUT2D eigenvalue weighted by atomic mass is 35.5. The van der Waals surface area contributed by atoms with Crippen molar-refractivity contribution in [2.75, 3.05) is 97.5 Å². The third-order valence-corrected chi connectivity index (χ3v) is 10.9. The van der Waals surface area contributed by atoms with E-state index in [-0.39, 0.29) is 11.1 Å². The minimum absolute atomic E-state index is 0.00874. The molecule has 8 rings (SSSR count). The molecule has 2 aliphatic heterocycles. The number of nitrogens with one attached hydrogen (secondary N) is 6. The third kappa shape index (κ3) is 11.0. The van der Waals surface area contributed by atoms with Crippen LogP contribution in [0.15, 0.2) is 137 Å². The fourth-order valence-electron chi connectivity index (χ4n) is 7.03. The molecule has 2 fully saturated rings. The van der Waals surface area contributed by atoms with E-state index in [1.54, 1.807) is 24.3 Å². The predicted octanol–water partition coefficient (Wildman–Crippen LogP) is 6.90. The molecular formula is C46H49ClN10O4. The number of carbonyl (C=O) groups excluding carboxylic acids is 2. The molecule has 0 spiro atoms. The molecule has 0 bridgehead atoms. The topological polar surface area (TPSA) is 161 Å². The van der Waals surface area contributed by atoms with Crippen molar-refractivity contribution >= 4 is 68.9 Å². The first kappa shape index (κ1) is 42.3. The lowest BCUT2D eigenvalue weighted by atomic mass is 10.2. The number of nitrogens with zero attached hydrogens (tertiary/aromatic N) is 4. The first-order valence-corrected chi connectivity index (χ1v) is 20.5. The highest BCUT2D eigenvalue weighted by Gasteiger charge is 2.20. The number of piperazine rings is 2. The molecule has 0 unspecified atom stereocenters. The third-order valence-electron chi connectivity index (χ3n) is 10.6. The minimum atomic E-state index is -0.497. The fraction of sp³-hybridized carbons (Fsp3) is 0.217. The van der Waals surface area contributed by atoms with Gasteiger partial charge in [0.05, 0.1) is 22.1 Å². The highest BCUT2D eigenvalue weighted by Crippen LogP contribution is 2.27. The van der Waals surface area contributed by atoms with Gasteiger partial charge in [-0.1, -0.05) is 41.9 Å². The Kier molecular flexibility index (Phi) is 13.8. The fourth-order valence-corrected chi connectivity index (χ4v) is 7.21. The first-order valence-electron chi connectivity index (χ1n) is 20.1. The first-order chi connectivity index (χ1) is 29.6. The number of anilines is 8. The molecule has 2 aromatic heterocycles. The van der Waals surface area contributed by atoms with E-state index >= 15 is 0 Å². The summed E-state index contributed by atoms with van der Waals surface area (Å²) < 4.78 is 0. The van der Waals surface area contributed by atoms with Crippen LogP contribution in [0.1, 0.15) is 20.7 Å². The molecule has 14 nitrogen and oxygen atoms in total. The lowest BCUT2D eigenvalue weighted by molar-refractivity contribution is 0.101. The number of pyridine rings is 2. The maximum absolute atomic E-state index is 12.9. The van der Waals surface area contributed by atoms with E-state index in [0.29, 0.717) is 33.5 Å². The van der Waals surface area contributed by atoms with Crippen LogP contribution < -0.4 is 42.2 Å². The SMILES string of the molecule is CN1CCN(c2ccc(NC(=O)c3c(Nc4ccccc4)cc[nH]c3=O)cc2)CC1.CN1CCN(c2ccc(NC(=O)c3c(Nc4ccccc4Cl)cc[nH]c3=O)cc2)CC1. The Hall–Kier alpha value is -6.87. The molecule has 61 heavy (non-hydrogen) atoms. The van der Waals surface area contributed by atoms with Crippen LogP contribution in [-0.2, 0) is 0 Å². The Labute approximate surface area is 359 Å². The Balaban J connectivity index is 0.000000184. The summed E-state index contributed by atoms with van der Waals surface area (Å²) in [6, 6.07) is 35.3. The van der Waals surface area contributed by atoms with E-state index in [2.05, 4.69) is 64.9 Å². The van der Waals surface area contributed by atoms with Crippen molar-refractivity contribution in [1.82, 2.24) is 19.8 Å². The lowest BCUT2D eigenvalue weighted by Crippen LogP contribution is -2.44. The van der Waals surface area contributed by atoms with E-state index in [1.165, 1.54) is 12.4 Å². The standard InChI is InChI=1S/C23H24ClN5O2.C23H25N5O2/c1-28-12-14-29(15-13-28)17-8-6-16(7-9-17)26-23(31)21-20(10-11-25-22(21)30)27-19-5-3-2-4-18(19)24;1-27-13-15-28(16-14-27)19-9-7-18(8-10-19)26-23(30)21-20(11-12-24-22(21)29)25-17-5-3-2-4-6-17/h2-11H,12-15H2,1H3,(H,26,31)(H2,25,27,30);2-12H,13-16H2,1H3,(H,26,30)(H2,24,25,29). The number of rotatable bonds is 10. The van der Waals surface area contributed by atoms with Gasteiger partial charge in [-0.25, -0.2) is 0 Å². The zero-order valence-corrected chi connectivity index (χ0v) is 34.8. The van der Waals surface area contributed by atoms with Gasteiger partial charge in [-0.3, -0.25) is 19.2 Å². The van der Waals surface area contributed by atoms with Crippen molar-refractivity contribution in [3.05, 3.63) is 165 Å². The van der Waals surface area contributed by atoms with Crippen molar-refractivity contribution in [2.45, 2.75) is 0 Å². The molecule has 6 N–H and O–H groups in total. The number of hydrogen-bond donors (Lipinski definition) is 6. The molecular weight excluding hydrogens is 792 g/mol. The number of halogens is 1. The van der Waals surface area contributed by atoms with Gasteiger partial charge in [-0.2, -0.15) is 0 Å². The van der Waals surface area contributed by atoms with Crippen LogP contribution in [0, 0.1) is 0 Å². The summed E-state index contributed by atoms with van der Waals surface area (Å²) in [4.78, 5) is 65.0. The van der Waals surface area contributed by atoms with Crippen molar-refractivity contribution < 1.29 is 9.59 Å². The quantitative estimate of drug-likeness (QED) is 0.0857. The van der Waals surface area contributed by atoms with Crippen LogP contribution in [0.25, 0.3) is 0 Å². The largest absolute Gasteiger partial charge is 0.369 e. The monoisotopic (exact) mass is 840 g/mol. The number of aromatic nitrogens is 2. The second kappa shape index (κ2) is 19.9. The maximum Gasteiger partial charge on any atom is 0.263 e. The van der Waals surface area contributed by atoms with Gasteiger partial charge >= 0.3 is 0 Å². The maximum atomic E-state index is 12.9. The minimum Gasteiger partial charge on any atom is -0.369 e. The van der Waals surface area contributed by atoms with E-state index in [1.807, 2.05) is 91.0 Å². The van der Waals surface area contributed by atoms with Crippen LogP contribution >= 0.6 is 11.6 Å². The van der Waals surface area contributed by atoms with Crippen molar-refractivity contribution in [2.24, 2.45) is 0 Å². The van der Waals surface area contributed by atoms with Gasteiger partial charge in [0.1, 0.15) is 11.1 Å². The molecule has 0 aliphatic carbocycles. The zero-order chi connectivity index (χ0) is 42.7. The normalized spacial score (nSPS) is 14.3. The number of H-pyrrole nitrogens is 2. The molecule has 6 aromatic rings. The van der Waals surface area contributed by atoms with Gasteiger partial charge in [-0.05, 0) is 99.0 Å². The summed E-state index contributed by atoms with van der Waals surface area (Å²) >= 11 is 6.21. The molecule has 2 amide bonds. The molecule has 0 saturated carbocycles. The number of aromatic amines is 2. The Morgan fingerprint density at radius 3 is 1.38 bits per heavy atom. The predicted molar refractivity (Wildman–Crippen MR) is 247 cm³/mol. The van der Waals surface area contributed by atoms with E-state index in [0.717, 1.165) is 69.4 Å². The van der Waals surface area contributed by atoms with Gasteiger partial charge in [-0.15, -0.1) is 0 Å². The summed E-state index contributed by atoms with van der Waals surface area (Å²) in [5.41, 5.74) is 4.87. The van der Waals surface area contributed by atoms with Crippen molar-refractivity contribution in [3.8, 4) is 0 Å². The van der Waals surface area contributed by atoms with Gasteiger partial charge in [0.15, 0.2) is 0 Å². The van der Waals surface area contributed by atoms with Gasteiger partial charge < -0.3 is 50.8 Å². The van der Waals surface area contributed by atoms with E-state index < -0.39 is 22.9 Å². The summed E-state index contributed by atoms with van der Waals surface area (Å²) in [6.45, 7) is 8.02. The summed E-state index contributed by atoms with van der Waals surface area (Å²) in [5.74, 6) is -0.952. The summed E-state index contributed by atoms with van der Waals surface area (Å²) in [5, 5.41) is 12.4. The molecule has 314 valence electrons. The number of hydrogen-bond acceptors (Lipinski definition) is 10. The second-order valence-electron chi connectivity index (χ2n) is 14.9. The van der Waals surface area contributed by atoms with Gasteiger partial charge in [0, 0.05) is 93.2 Å². The Bertz CT molecular complexity index is 2530. The Morgan fingerprint density at radius 2 is 0.918 bits per heavy atom. The molecule has 0 radical (unpaired) electrons. The smallest absolute Gasteiger partial charge is 0.263 e. The summed E-state index contributed by atoms with van der Waals surface area (Å²) in [7, 11) is 4.25. The molecule has 2 aliphatic rings. The Morgan fingerprint density at radius 1 is 0.492 bits per heavy atom. The number of likely N-dealkylation sites (N-methyl/N-ethyl adjacent to an activating group) is 2. The molecule has 0 atom stereocenters. The average molecular weight is 841 g/mol. The van der Waals surface area contributed by atoms with Crippen LogP contribution in [-0.4, -0.2) is 98.0 Å². The van der Waals surface area contributed by atoms with E-state index in [9.17, 15) is 19.2 Å². The van der Waals surface area contributed by atoms with E-state index in [4.69, 9.17) is 11.6 Å². The zero-order valence-electron chi connectivity index (χ0n) is 34.1. The number of amides is 2. The van der Waals surface area contributed by atoms with Crippen molar-refractivity contribution in [3.63, 3.8) is 0 Å². The van der Waals surface area contributed by atoms with Gasteiger partial charge in [0.2, 0.25) is 0 Å². The molecule has 2 saturated heterocycles. The molecule has 4 aromatic carbocycles. The average Bonchev–Trinajstić information content (AvgIpc) is 3.26. The van der Waals surface area contributed by atoms with Crippen LogP contribution in [0.3, 0.4) is 0 Å². The summed E-state index contributed by atoms with van der Waals surface area (Å²) in [6.07, 6.45) is 3.01. The van der Waals surface area contributed by atoms with Crippen molar-refractivity contribution in [1.29, 1.82) is 0 Å². The van der Waals surface area contributed by atoms with Crippen LogP contribution in [0.4, 0.5) is 45.5 Å². The van der Waals surface area contributed by atoms with Gasteiger partial charge in [0.25, 0.3) is 22.9 Å². The molecule has 15 heteroatoms. The number of carbonyl (C=O) groups is 2. The second-order valence-corrected chi connectivity index (χ2v) is 15.3. The molecule has 4 heterocycles.